The molecule has 0 aromatic rings. The molecular weight excluding hydrogens is 156 g/mol. The third kappa shape index (κ3) is 1.48. The Bertz CT molecular complexity index is 155. The van der Waals surface area contributed by atoms with Gasteiger partial charge in [0.15, 0.2) is 9.52 Å². The second-order valence-electron chi connectivity index (χ2n) is 2.37. The molecule has 0 fully saturated rings. The van der Waals surface area contributed by atoms with Crippen LogP contribution in [0.4, 0.5) is 0 Å². The van der Waals surface area contributed by atoms with Crippen LogP contribution in [0, 0.1) is 0 Å². The molecule has 4 nitrogen and oxygen atoms in total. The predicted molar refractivity (Wildman–Crippen MR) is 44.2 cm³/mol. The van der Waals surface area contributed by atoms with Gasteiger partial charge in [0.2, 0.25) is 0 Å². The molecule has 5 heteroatoms. The van der Waals surface area contributed by atoms with Gasteiger partial charge in [-0.2, -0.15) is 0 Å². The number of hydrogen-bond donors (Lipinski definition) is 4. The van der Waals surface area contributed by atoms with Crippen LogP contribution in [-0.2, 0) is 0 Å². The van der Waals surface area contributed by atoms with E-state index in [0.717, 1.165) is 9.52 Å². The first kappa shape index (κ1) is 6.60. The van der Waals surface area contributed by atoms with Crippen molar-refractivity contribution in [3.8, 4) is 0 Å². The normalized spacial score (nSPS) is 22.5. The lowest BCUT2D eigenvalue weighted by molar-refractivity contribution is 0.683. The summed E-state index contributed by atoms with van der Waals surface area (Å²) in [6.07, 6.45) is 7.72. The van der Waals surface area contributed by atoms with Crippen molar-refractivity contribution in [3.63, 3.8) is 0 Å². The second kappa shape index (κ2) is 2.87. The van der Waals surface area contributed by atoms with Crippen LogP contribution in [0.5, 0.6) is 0 Å². The summed E-state index contributed by atoms with van der Waals surface area (Å²) < 4.78 is 0. The highest BCUT2D eigenvalue weighted by Gasteiger charge is 2.17. The zero-order valence-electron chi connectivity index (χ0n) is 5.96. The maximum Gasteiger partial charge on any atom is 0.154 e. The Kier molecular flexibility index (Phi) is 1.72. The molecule has 0 aliphatic carbocycles. The molecule has 0 saturated heterocycles. The van der Waals surface area contributed by atoms with E-state index in [1.807, 2.05) is 24.8 Å². The molecule has 2 aliphatic heterocycles. The van der Waals surface area contributed by atoms with Crippen LogP contribution >= 0.6 is 0 Å². The first-order chi connectivity index (χ1) is 5.45. The van der Waals surface area contributed by atoms with Crippen LogP contribution in [0.1, 0.15) is 0 Å². The van der Waals surface area contributed by atoms with E-state index in [1.54, 1.807) is 0 Å². The van der Waals surface area contributed by atoms with Gasteiger partial charge < -0.3 is 21.3 Å². The van der Waals surface area contributed by atoms with Gasteiger partial charge in [-0.15, -0.1) is 0 Å². The predicted octanol–water partition coefficient (Wildman–Crippen LogP) is -1.41. The molecule has 0 aromatic heterocycles. The summed E-state index contributed by atoms with van der Waals surface area (Å²) in [6.45, 7) is 0. The van der Waals surface area contributed by atoms with E-state index in [1.165, 1.54) is 0 Å². The molecule has 2 aliphatic rings. The quantitative estimate of drug-likeness (QED) is 0.381. The topological polar surface area (TPSA) is 48.1 Å². The summed E-state index contributed by atoms with van der Waals surface area (Å²) in [4.78, 5) is 0. The lowest BCUT2D eigenvalue weighted by Crippen LogP contribution is -2.49. The number of nitrogens with one attached hydrogen (secondary N) is 4. The van der Waals surface area contributed by atoms with Crippen molar-refractivity contribution in [2.45, 2.75) is 11.6 Å². The lowest BCUT2D eigenvalue weighted by Gasteiger charge is -2.16. The summed E-state index contributed by atoms with van der Waals surface area (Å²) >= 11 is 0. The maximum atomic E-state index is 3.20. The van der Waals surface area contributed by atoms with Crippen LogP contribution in [0.25, 0.3) is 0 Å². The highest BCUT2D eigenvalue weighted by molar-refractivity contribution is 6.39. The maximum absolute atomic E-state index is 3.20. The molecule has 58 valence electrons. The minimum absolute atomic E-state index is 0.389. The van der Waals surface area contributed by atoms with E-state index in [0.29, 0.717) is 11.6 Å². The Hall–Kier alpha value is -1.10. The van der Waals surface area contributed by atoms with E-state index in [-0.39, 0.29) is 0 Å². The van der Waals surface area contributed by atoms with Crippen molar-refractivity contribution in [1.82, 2.24) is 21.3 Å². The molecule has 0 bridgehead atoms. The van der Waals surface area contributed by atoms with Gasteiger partial charge in [-0.25, -0.2) is 0 Å². The molecule has 2 radical (unpaired) electrons. The summed E-state index contributed by atoms with van der Waals surface area (Å²) in [5.41, 5.74) is 0. The summed E-state index contributed by atoms with van der Waals surface area (Å²) in [7, 11) is 0.770. The van der Waals surface area contributed by atoms with Crippen molar-refractivity contribution in [3.05, 3.63) is 24.8 Å². The average molecular weight is 166 g/mol. The van der Waals surface area contributed by atoms with Gasteiger partial charge in [0.1, 0.15) is 0 Å². The van der Waals surface area contributed by atoms with Gasteiger partial charge >= 0.3 is 0 Å². The molecule has 0 spiro atoms. The molecule has 0 unspecified atom stereocenters. The largest absolute Gasteiger partial charge is 0.374 e. The van der Waals surface area contributed by atoms with Crippen molar-refractivity contribution < 1.29 is 0 Å². The van der Waals surface area contributed by atoms with Crippen molar-refractivity contribution in [2.24, 2.45) is 0 Å². The Balaban J connectivity index is 1.73. The molecule has 0 aromatic carbocycles. The van der Waals surface area contributed by atoms with E-state index in [4.69, 9.17) is 0 Å². The summed E-state index contributed by atoms with van der Waals surface area (Å²) in [6, 6.07) is 0. The molecule has 0 saturated carbocycles. The van der Waals surface area contributed by atoms with Gasteiger partial charge in [-0.1, -0.05) is 0 Å². The van der Waals surface area contributed by atoms with Crippen LogP contribution in [-0.4, -0.2) is 21.1 Å². The van der Waals surface area contributed by atoms with Crippen LogP contribution in [0.2, 0.25) is 0 Å². The first-order valence-electron chi connectivity index (χ1n) is 3.55. The zero-order valence-corrected chi connectivity index (χ0v) is 6.96. The molecular formula is C6H10N4Si. The van der Waals surface area contributed by atoms with Crippen LogP contribution in [0.15, 0.2) is 24.8 Å². The van der Waals surface area contributed by atoms with E-state index >= 15 is 0 Å². The Labute approximate surface area is 67.9 Å². The Morgan fingerprint density at radius 3 is 1.45 bits per heavy atom. The minimum atomic E-state index is 0.389. The van der Waals surface area contributed by atoms with Crippen molar-refractivity contribution in [2.75, 3.05) is 0 Å². The molecule has 11 heavy (non-hydrogen) atoms. The fourth-order valence-electron chi connectivity index (χ4n) is 1.03. The molecule has 0 atom stereocenters. The van der Waals surface area contributed by atoms with Crippen LogP contribution < -0.4 is 21.3 Å². The summed E-state index contributed by atoms with van der Waals surface area (Å²) in [5.74, 6) is 0.778. The smallest absolute Gasteiger partial charge is 0.154 e. The third-order valence-electron chi connectivity index (χ3n) is 1.55. The standard InChI is InChI=1S/C6H10N4Si/c1-2-8-5(7-1)11-6-9-3-4-10-6/h1-10H. The first-order valence-corrected chi connectivity index (χ1v) is 4.71. The van der Waals surface area contributed by atoms with Gasteiger partial charge in [0, 0.05) is 24.8 Å². The highest BCUT2D eigenvalue weighted by atomic mass is 28.2. The zero-order chi connectivity index (χ0) is 7.52. The molecule has 2 heterocycles. The average Bonchev–Trinajstić information content (AvgIpc) is 2.60. The Morgan fingerprint density at radius 1 is 0.727 bits per heavy atom. The monoisotopic (exact) mass is 166 g/mol. The fraction of sp³-hybridized carbons (Fsp3) is 0.333. The third-order valence-corrected chi connectivity index (χ3v) is 2.88. The van der Waals surface area contributed by atoms with Crippen LogP contribution in [0.3, 0.4) is 0 Å². The van der Waals surface area contributed by atoms with Gasteiger partial charge in [0.25, 0.3) is 0 Å². The second-order valence-corrected chi connectivity index (χ2v) is 3.85. The number of rotatable bonds is 2. The SMILES string of the molecule is C1=CNC([Si]C2NC=CN2)N1. The summed E-state index contributed by atoms with van der Waals surface area (Å²) in [5, 5.41) is 12.8. The van der Waals surface area contributed by atoms with Gasteiger partial charge in [-0.05, 0) is 0 Å². The van der Waals surface area contributed by atoms with Crippen molar-refractivity contribution in [1.29, 1.82) is 0 Å². The number of hydrogen-bond acceptors (Lipinski definition) is 4. The fourth-order valence-corrected chi connectivity index (χ4v) is 2.14. The van der Waals surface area contributed by atoms with E-state index < -0.39 is 0 Å². The van der Waals surface area contributed by atoms with E-state index in [9.17, 15) is 0 Å². The minimum Gasteiger partial charge on any atom is -0.374 e. The van der Waals surface area contributed by atoms with Crippen molar-refractivity contribution >= 4 is 9.52 Å². The lowest BCUT2D eigenvalue weighted by atomic mass is 11.0. The van der Waals surface area contributed by atoms with E-state index in [2.05, 4.69) is 21.3 Å². The molecule has 2 rings (SSSR count). The van der Waals surface area contributed by atoms with Gasteiger partial charge in [0.05, 0.1) is 11.6 Å². The molecule has 4 N–H and O–H groups in total. The van der Waals surface area contributed by atoms with Gasteiger partial charge in [-0.3, -0.25) is 0 Å². The molecule has 0 amide bonds. The highest BCUT2D eigenvalue weighted by Crippen LogP contribution is 1.90. The Morgan fingerprint density at radius 2 is 1.09 bits per heavy atom.